The first-order valence-corrected chi connectivity index (χ1v) is 8.44. The Kier molecular flexibility index (Phi) is 4.05. The predicted octanol–water partition coefficient (Wildman–Crippen LogP) is 4.88. The van der Waals surface area contributed by atoms with E-state index in [1.54, 1.807) is 0 Å². The lowest BCUT2D eigenvalue weighted by molar-refractivity contribution is -0.117. The monoisotopic (exact) mass is 285 g/mol. The molecule has 2 heteroatoms. The largest absolute Gasteiger partial charge is 0.326 e. The maximum absolute atomic E-state index is 12.5. The van der Waals surface area contributed by atoms with E-state index in [2.05, 4.69) is 44.3 Å². The van der Waals surface area contributed by atoms with Crippen molar-refractivity contribution in [3.63, 3.8) is 0 Å². The molecule has 0 unspecified atom stereocenters. The summed E-state index contributed by atoms with van der Waals surface area (Å²) in [6.07, 6.45) is 6.12. The standard InChI is InChI=1S/C19H27NO/c1-12(2)17-6-4-5-13(3)19(17)20-18(21)11-16-10-14-7-8-15(16)9-14/h4-6,12,14-16H,7-11H2,1-3H3,(H,20,21)/t14-,15+,16-/m0/s1. The molecular formula is C19H27NO. The quantitative estimate of drug-likeness (QED) is 0.839. The van der Waals surface area contributed by atoms with E-state index < -0.39 is 0 Å². The second-order valence-electron chi connectivity index (χ2n) is 7.38. The number of carbonyl (C=O) groups excluding carboxylic acids is 1. The van der Waals surface area contributed by atoms with E-state index in [4.69, 9.17) is 0 Å². The van der Waals surface area contributed by atoms with Crippen LogP contribution in [-0.2, 0) is 4.79 Å². The smallest absolute Gasteiger partial charge is 0.224 e. The fraction of sp³-hybridized carbons (Fsp3) is 0.632. The van der Waals surface area contributed by atoms with Crippen molar-refractivity contribution in [3.8, 4) is 0 Å². The highest BCUT2D eigenvalue weighted by Gasteiger charge is 2.40. The number of carbonyl (C=O) groups is 1. The molecule has 3 rings (SSSR count). The third kappa shape index (κ3) is 3.00. The summed E-state index contributed by atoms with van der Waals surface area (Å²) in [7, 11) is 0. The summed E-state index contributed by atoms with van der Waals surface area (Å²) in [6.45, 7) is 6.44. The second kappa shape index (κ2) is 5.82. The van der Waals surface area contributed by atoms with Gasteiger partial charge in [-0.15, -0.1) is 0 Å². The van der Waals surface area contributed by atoms with Crippen molar-refractivity contribution in [2.45, 2.75) is 58.8 Å². The molecule has 3 atom stereocenters. The highest BCUT2D eigenvalue weighted by Crippen LogP contribution is 2.49. The van der Waals surface area contributed by atoms with Gasteiger partial charge in [0.15, 0.2) is 0 Å². The van der Waals surface area contributed by atoms with Crippen molar-refractivity contribution in [3.05, 3.63) is 29.3 Å². The molecule has 1 amide bonds. The molecule has 0 spiro atoms. The highest BCUT2D eigenvalue weighted by molar-refractivity contribution is 5.92. The molecule has 2 bridgehead atoms. The van der Waals surface area contributed by atoms with Gasteiger partial charge in [0.1, 0.15) is 0 Å². The van der Waals surface area contributed by atoms with Crippen LogP contribution < -0.4 is 5.32 Å². The Bertz CT molecular complexity index is 534. The molecule has 2 saturated carbocycles. The lowest BCUT2D eigenvalue weighted by Gasteiger charge is -2.22. The van der Waals surface area contributed by atoms with Gasteiger partial charge in [0.05, 0.1) is 0 Å². The molecule has 2 fully saturated rings. The van der Waals surface area contributed by atoms with Crippen LogP contribution in [0.15, 0.2) is 18.2 Å². The third-order valence-electron chi connectivity index (χ3n) is 5.52. The van der Waals surface area contributed by atoms with Gasteiger partial charge in [-0.25, -0.2) is 0 Å². The van der Waals surface area contributed by atoms with Crippen molar-refractivity contribution in [2.75, 3.05) is 5.32 Å². The first kappa shape index (κ1) is 14.6. The van der Waals surface area contributed by atoms with Gasteiger partial charge in [-0.2, -0.15) is 0 Å². The summed E-state index contributed by atoms with van der Waals surface area (Å²) in [5.41, 5.74) is 3.46. The van der Waals surface area contributed by atoms with Gasteiger partial charge in [-0.3, -0.25) is 4.79 Å². The molecule has 0 heterocycles. The summed E-state index contributed by atoms with van der Waals surface area (Å²) in [5.74, 6) is 3.02. The molecule has 0 aromatic heterocycles. The van der Waals surface area contributed by atoms with Crippen LogP contribution in [0.5, 0.6) is 0 Å². The lowest BCUT2D eigenvalue weighted by Crippen LogP contribution is -2.21. The van der Waals surface area contributed by atoms with Crippen LogP contribution in [0.3, 0.4) is 0 Å². The predicted molar refractivity (Wildman–Crippen MR) is 87.5 cm³/mol. The minimum Gasteiger partial charge on any atom is -0.326 e. The van der Waals surface area contributed by atoms with Crippen LogP contribution >= 0.6 is 0 Å². The maximum Gasteiger partial charge on any atom is 0.224 e. The average Bonchev–Trinajstić information content (AvgIpc) is 3.03. The Morgan fingerprint density at radius 3 is 2.71 bits per heavy atom. The van der Waals surface area contributed by atoms with Crippen molar-refractivity contribution >= 4 is 11.6 Å². The van der Waals surface area contributed by atoms with E-state index in [0.717, 1.165) is 17.5 Å². The SMILES string of the molecule is Cc1cccc(C(C)C)c1NC(=O)C[C@@H]1C[C@H]2CC[C@@H]1C2. The molecule has 1 N–H and O–H groups in total. The number of fused-ring (bicyclic) bond motifs is 2. The first-order valence-electron chi connectivity index (χ1n) is 8.44. The Hall–Kier alpha value is -1.31. The number of hydrogen-bond acceptors (Lipinski definition) is 1. The zero-order chi connectivity index (χ0) is 15.0. The van der Waals surface area contributed by atoms with E-state index in [0.29, 0.717) is 18.3 Å². The second-order valence-corrected chi connectivity index (χ2v) is 7.38. The highest BCUT2D eigenvalue weighted by atomic mass is 16.1. The topological polar surface area (TPSA) is 29.1 Å². The third-order valence-corrected chi connectivity index (χ3v) is 5.52. The molecule has 0 saturated heterocycles. The Morgan fingerprint density at radius 2 is 2.10 bits per heavy atom. The number of rotatable bonds is 4. The Labute approximate surface area is 128 Å². The van der Waals surface area contributed by atoms with Crippen LogP contribution in [0.4, 0.5) is 5.69 Å². The van der Waals surface area contributed by atoms with Crippen LogP contribution in [0, 0.1) is 24.7 Å². The van der Waals surface area contributed by atoms with E-state index in [1.165, 1.54) is 36.8 Å². The van der Waals surface area contributed by atoms with Gasteiger partial charge in [-0.1, -0.05) is 38.5 Å². The van der Waals surface area contributed by atoms with Gasteiger partial charge >= 0.3 is 0 Å². The summed E-state index contributed by atoms with van der Waals surface area (Å²) in [6, 6.07) is 6.29. The zero-order valence-electron chi connectivity index (χ0n) is 13.5. The average molecular weight is 285 g/mol. The molecular weight excluding hydrogens is 258 g/mol. The summed E-state index contributed by atoms with van der Waals surface area (Å²) in [4.78, 5) is 12.5. The molecule has 0 radical (unpaired) electrons. The zero-order valence-corrected chi connectivity index (χ0v) is 13.5. The number of nitrogens with one attached hydrogen (secondary N) is 1. The summed E-state index contributed by atoms with van der Waals surface area (Å²) >= 11 is 0. The minimum atomic E-state index is 0.212. The van der Waals surface area contributed by atoms with E-state index in [1.807, 2.05) is 0 Å². The Morgan fingerprint density at radius 1 is 1.29 bits per heavy atom. The lowest BCUT2D eigenvalue weighted by atomic mass is 9.86. The number of aryl methyl sites for hydroxylation is 1. The molecule has 0 aliphatic heterocycles. The van der Waals surface area contributed by atoms with Crippen molar-refractivity contribution in [1.29, 1.82) is 0 Å². The van der Waals surface area contributed by atoms with Gasteiger partial charge in [0.2, 0.25) is 5.91 Å². The van der Waals surface area contributed by atoms with Crippen LogP contribution in [0.25, 0.3) is 0 Å². The van der Waals surface area contributed by atoms with Gasteiger partial charge in [0.25, 0.3) is 0 Å². The van der Waals surface area contributed by atoms with Crippen molar-refractivity contribution in [1.82, 2.24) is 0 Å². The first-order chi connectivity index (χ1) is 10.0. The molecule has 21 heavy (non-hydrogen) atoms. The number of amides is 1. The normalized spacial score (nSPS) is 27.3. The molecule has 1 aromatic carbocycles. The molecule has 2 aliphatic carbocycles. The summed E-state index contributed by atoms with van der Waals surface area (Å²) < 4.78 is 0. The van der Waals surface area contributed by atoms with Gasteiger partial charge in [0, 0.05) is 12.1 Å². The van der Waals surface area contributed by atoms with E-state index in [9.17, 15) is 4.79 Å². The minimum absolute atomic E-state index is 0.212. The van der Waals surface area contributed by atoms with Crippen LogP contribution in [0.1, 0.15) is 63.0 Å². The number of benzene rings is 1. The van der Waals surface area contributed by atoms with Crippen molar-refractivity contribution < 1.29 is 4.79 Å². The molecule has 1 aromatic rings. The van der Waals surface area contributed by atoms with E-state index >= 15 is 0 Å². The summed E-state index contributed by atoms with van der Waals surface area (Å²) in [5, 5.41) is 3.21. The van der Waals surface area contributed by atoms with Gasteiger partial charge in [-0.05, 0) is 61.0 Å². The molecule has 114 valence electrons. The number of anilines is 1. The fourth-order valence-electron chi connectivity index (χ4n) is 4.40. The Balaban J connectivity index is 1.67. The van der Waals surface area contributed by atoms with Crippen LogP contribution in [-0.4, -0.2) is 5.91 Å². The molecule has 2 aliphatic rings. The van der Waals surface area contributed by atoms with Crippen LogP contribution in [0.2, 0.25) is 0 Å². The number of para-hydroxylation sites is 1. The fourth-order valence-corrected chi connectivity index (χ4v) is 4.40. The van der Waals surface area contributed by atoms with E-state index in [-0.39, 0.29) is 5.91 Å². The van der Waals surface area contributed by atoms with Gasteiger partial charge < -0.3 is 5.32 Å². The number of hydrogen-bond donors (Lipinski definition) is 1. The maximum atomic E-state index is 12.5. The van der Waals surface area contributed by atoms with Crippen molar-refractivity contribution in [2.24, 2.45) is 17.8 Å². The molecule has 2 nitrogen and oxygen atoms in total.